The van der Waals surface area contributed by atoms with Gasteiger partial charge in [0.15, 0.2) is 0 Å². The summed E-state index contributed by atoms with van der Waals surface area (Å²) in [6, 6.07) is 0.0322. The first-order valence-corrected chi connectivity index (χ1v) is 6.68. The van der Waals surface area contributed by atoms with E-state index in [9.17, 15) is 14.7 Å². The smallest absolute Gasteiger partial charge is 0.310 e. The fraction of sp³-hybridized carbons (Fsp3) is 0.846. The maximum absolute atomic E-state index is 12.0. The molecule has 1 aliphatic heterocycles. The van der Waals surface area contributed by atoms with E-state index in [0.717, 1.165) is 19.3 Å². The highest BCUT2D eigenvalue weighted by Crippen LogP contribution is 2.41. The van der Waals surface area contributed by atoms with Crippen LogP contribution in [0, 0.1) is 5.41 Å². The summed E-state index contributed by atoms with van der Waals surface area (Å²) >= 11 is 0. The van der Waals surface area contributed by atoms with Gasteiger partial charge in [-0.2, -0.15) is 0 Å². The lowest BCUT2D eigenvalue weighted by Crippen LogP contribution is -2.42. The number of carbonyl (C=O) groups is 2. The monoisotopic (exact) mass is 255 g/mol. The summed E-state index contributed by atoms with van der Waals surface area (Å²) < 4.78 is 5.38. The number of amides is 1. The summed E-state index contributed by atoms with van der Waals surface area (Å²) in [6.07, 6.45) is 3.99. The van der Waals surface area contributed by atoms with Gasteiger partial charge in [-0.1, -0.05) is 12.8 Å². The Balaban J connectivity index is 1.91. The van der Waals surface area contributed by atoms with Crippen molar-refractivity contribution >= 4 is 11.9 Å². The first kappa shape index (κ1) is 13.3. The van der Waals surface area contributed by atoms with Gasteiger partial charge in [0.2, 0.25) is 5.91 Å². The molecule has 0 bridgehead atoms. The van der Waals surface area contributed by atoms with Gasteiger partial charge in [0, 0.05) is 13.0 Å². The lowest BCUT2D eigenvalue weighted by atomic mass is 9.82. The van der Waals surface area contributed by atoms with E-state index >= 15 is 0 Å². The fourth-order valence-electron chi connectivity index (χ4n) is 3.00. The summed E-state index contributed by atoms with van der Waals surface area (Å²) in [7, 11) is 0. The van der Waals surface area contributed by atoms with Crippen molar-refractivity contribution in [3.63, 3.8) is 0 Å². The lowest BCUT2D eigenvalue weighted by Gasteiger charge is -2.24. The predicted molar refractivity (Wildman–Crippen MR) is 65.1 cm³/mol. The molecule has 18 heavy (non-hydrogen) atoms. The molecule has 5 heteroatoms. The Labute approximate surface area is 107 Å². The minimum atomic E-state index is -0.828. The highest BCUT2D eigenvalue weighted by Gasteiger charge is 2.43. The molecule has 0 radical (unpaired) electrons. The van der Waals surface area contributed by atoms with Crippen molar-refractivity contribution in [3.8, 4) is 0 Å². The van der Waals surface area contributed by atoms with E-state index < -0.39 is 11.4 Å². The number of hydrogen-bond donors (Lipinski definition) is 2. The second-order valence-electron chi connectivity index (χ2n) is 5.51. The normalized spacial score (nSPS) is 30.3. The van der Waals surface area contributed by atoms with Crippen LogP contribution >= 0.6 is 0 Å². The highest BCUT2D eigenvalue weighted by atomic mass is 16.5. The van der Waals surface area contributed by atoms with E-state index in [-0.39, 0.29) is 24.5 Å². The zero-order valence-electron chi connectivity index (χ0n) is 10.8. The molecule has 0 aromatic heterocycles. The van der Waals surface area contributed by atoms with E-state index in [4.69, 9.17) is 4.74 Å². The SMILES string of the molecule is CC1OCCC1NC(=O)CC1(C(=O)O)CCCC1. The molecule has 2 fully saturated rings. The number of aliphatic carboxylic acids is 1. The molecule has 2 N–H and O–H groups in total. The summed E-state index contributed by atoms with van der Waals surface area (Å²) in [5.41, 5.74) is -0.827. The Kier molecular flexibility index (Phi) is 3.90. The Morgan fingerprint density at radius 2 is 2.06 bits per heavy atom. The Morgan fingerprint density at radius 1 is 1.39 bits per heavy atom. The third kappa shape index (κ3) is 2.66. The van der Waals surface area contributed by atoms with Gasteiger partial charge in [-0.05, 0) is 26.2 Å². The van der Waals surface area contributed by atoms with Crippen LogP contribution in [-0.2, 0) is 14.3 Å². The Bertz CT molecular complexity index is 336. The average molecular weight is 255 g/mol. The first-order chi connectivity index (χ1) is 8.53. The van der Waals surface area contributed by atoms with Crippen molar-refractivity contribution in [1.82, 2.24) is 5.32 Å². The predicted octanol–water partition coefficient (Wildman–Crippen LogP) is 1.32. The number of carboxylic acid groups (broad SMARTS) is 1. The maximum atomic E-state index is 12.0. The minimum Gasteiger partial charge on any atom is -0.481 e. The van der Waals surface area contributed by atoms with Crippen molar-refractivity contribution < 1.29 is 19.4 Å². The molecule has 0 spiro atoms. The zero-order valence-corrected chi connectivity index (χ0v) is 10.8. The molecule has 1 aliphatic carbocycles. The molecule has 0 aromatic carbocycles. The molecule has 1 saturated heterocycles. The van der Waals surface area contributed by atoms with Crippen molar-refractivity contribution in [2.45, 2.75) is 57.6 Å². The standard InChI is InChI=1S/C13H21NO4/c1-9-10(4-7-18-9)14-11(15)8-13(12(16)17)5-2-3-6-13/h9-10H,2-8H2,1H3,(H,14,15)(H,16,17). The Morgan fingerprint density at radius 3 is 2.56 bits per heavy atom. The molecular formula is C13H21NO4. The number of hydrogen-bond acceptors (Lipinski definition) is 3. The molecule has 2 unspecified atom stereocenters. The molecule has 102 valence electrons. The van der Waals surface area contributed by atoms with Crippen LogP contribution in [0.3, 0.4) is 0 Å². The van der Waals surface area contributed by atoms with Crippen LogP contribution in [-0.4, -0.2) is 35.7 Å². The van der Waals surface area contributed by atoms with Gasteiger partial charge in [0.1, 0.15) is 0 Å². The number of nitrogens with one attached hydrogen (secondary N) is 1. The third-order valence-corrected chi connectivity index (χ3v) is 4.24. The quantitative estimate of drug-likeness (QED) is 0.794. The van der Waals surface area contributed by atoms with Gasteiger partial charge in [-0.15, -0.1) is 0 Å². The zero-order chi connectivity index (χ0) is 13.2. The van der Waals surface area contributed by atoms with E-state index in [1.54, 1.807) is 0 Å². The molecule has 1 heterocycles. The van der Waals surface area contributed by atoms with Gasteiger partial charge >= 0.3 is 5.97 Å². The molecule has 2 rings (SSSR count). The van der Waals surface area contributed by atoms with Crippen LogP contribution in [0.25, 0.3) is 0 Å². The fourth-order valence-corrected chi connectivity index (χ4v) is 3.00. The largest absolute Gasteiger partial charge is 0.481 e. The second-order valence-corrected chi connectivity index (χ2v) is 5.51. The van der Waals surface area contributed by atoms with Crippen molar-refractivity contribution in [1.29, 1.82) is 0 Å². The maximum Gasteiger partial charge on any atom is 0.310 e. The minimum absolute atomic E-state index is 0.0262. The summed E-state index contributed by atoms with van der Waals surface area (Å²) in [5.74, 6) is -0.979. The number of carboxylic acids is 1. The van der Waals surface area contributed by atoms with Crippen LogP contribution in [0.5, 0.6) is 0 Å². The molecule has 0 aromatic rings. The summed E-state index contributed by atoms with van der Waals surface area (Å²) in [4.78, 5) is 23.3. The molecule has 5 nitrogen and oxygen atoms in total. The molecule has 2 aliphatic rings. The Hall–Kier alpha value is -1.10. The van der Waals surface area contributed by atoms with E-state index in [0.29, 0.717) is 19.4 Å². The highest BCUT2D eigenvalue weighted by molar-refractivity contribution is 5.85. The molecular weight excluding hydrogens is 234 g/mol. The van der Waals surface area contributed by atoms with Crippen LogP contribution in [0.15, 0.2) is 0 Å². The lowest BCUT2D eigenvalue weighted by molar-refractivity contribution is -0.151. The molecule has 1 saturated carbocycles. The number of rotatable bonds is 4. The van der Waals surface area contributed by atoms with E-state index in [2.05, 4.69) is 5.32 Å². The van der Waals surface area contributed by atoms with Gasteiger partial charge in [0.25, 0.3) is 0 Å². The van der Waals surface area contributed by atoms with Crippen LogP contribution < -0.4 is 5.32 Å². The second kappa shape index (κ2) is 5.26. The van der Waals surface area contributed by atoms with Crippen molar-refractivity contribution in [2.24, 2.45) is 5.41 Å². The summed E-state index contributed by atoms with van der Waals surface area (Å²) in [5, 5.41) is 12.2. The van der Waals surface area contributed by atoms with Gasteiger partial charge < -0.3 is 15.2 Å². The van der Waals surface area contributed by atoms with Crippen molar-refractivity contribution in [2.75, 3.05) is 6.61 Å². The van der Waals surface area contributed by atoms with Crippen LogP contribution in [0.1, 0.15) is 45.4 Å². The summed E-state index contributed by atoms with van der Waals surface area (Å²) in [6.45, 7) is 2.59. The van der Waals surface area contributed by atoms with E-state index in [1.807, 2.05) is 6.92 Å². The molecule has 1 amide bonds. The topological polar surface area (TPSA) is 75.6 Å². The van der Waals surface area contributed by atoms with E-state index in [1.165, 1.54) is 0 Å². The van der Waals surface area contributed by atoms with Crippen molar-refractivity contribution in [3.05, 3.63) is 0 Å². The number of carbonyl (C=O) groups excluding carboxylic acids is 1. The van der Waals surface area contributed by atoms with Gasteiger partial charge in [0.05, 0.1) is 17.6 Å². The molecule has 2 atom stereocenters. The van der Waals surface area contributed by atoms with Crippen LogP contribution in [0.4, 0.5) is 0 Å². The third-order valence-electron chi connectivity index (χ3n) is 4.24. The van der Waals surface area contributed by atoms with Gasteiger partial charge in [-0.25, -0.2) is 0 Å². The van der Waals surface area contributed by atoms with Crippen LogP contribution in [0.2, 0.25) is 0 Å². The number of ether oxygens (including phenoxy) is 1. The first-order valence-electron chi connectivity index (χ1n) is 6.68. The average Bonchev–Trinajstić information content (AvgIpc) is 2.90. The van der Waals surface area contributed by atoms with Gasteiger partial charge in [-0.3, -0.25) is 9.59 Å².